The van der Waals surface area contributed by atoms with E-state index in [-0.39, 0.29) is 12.3 Å². The first-order valence-corrected chi connectivity index (χ1v) is 6.51. The summed E-state index contributed by atoms with van der Waals surface area (Å²) in [6, 6.07) is 12.1. The van der Waals surface area contributed by atoms with E-state index in [0.717, 1.165) is 5.56 Å². The van der Waals surface area contributed by atoms with Crippen molar-refractivity contribution in [3.05, 3.63) is 66.0 Å². The molecule has 0 saturated carbocycles. The van der Waals surface area contributed by atoms with Gasteiger partial charge in [0.2, 0.25) is 5.91 Å². The lowest BCUT2D eigenvalue weighted by molar-refractivity contribution is -0.147. The molecular formula is C16H16N2O3. The highest BCUT2D eigenvalue weighted by atomic mass is 16.4. The van der Waals surface area contributed by atoms with Crippen molar-refractivity contribution in [2.24, 2.45) is 0 Å². The van der Waals surface area contributed by atoms with Gasteiger partial charge in [-0.05, 0) is 30.2 Å². The lowest BCUT2D eigenvalue weighted by Crippen LogP contribution is -2.50. The summed E-state index contributed by atoms with van der Waals surface area (Å²) < 4.78 is 0. The maximum atomic E-state index is 12.1. The van der Waals surface area contributed by atoms with E-state index in [1.54, 1.807) is 54.9 Å². The van der Waals surface area contributed by atoms with Crippen molar-refractivity contribution in [1.29, 1.82) is 0 Å². The third-order valence-electron chi connectivity index (χ3n) is 3.28. The summed E-state index contributed by atoms with van der Waals surface area (Å²) in [4.78, 5) is 27.6. The summed E-state index contributed by atoms with van der Waals surface area (Å²) in [7, 11) is 0. The van der Waals surface area contributed by atoms with Crippen molar-refractivity contribution in [3.8, 4) is 0 Å². The molecule has 1 amide bonds. The number of rotatable bonds is 5. The predicted octanol–water partition coefficient (Wildman–Crippen LogP) is 1.74. The molecule has 2 aromatic rings. The van der Waals surface area contributed by atoms with E-state index in [9.17, 15) is 14.7 Å². The Morgan fingerprint density at radius 1 is 1.14 bits per heavy atom. The Morgan fingerprint density at radius 3 is 2.33 bits per heavy atom. The van der Waals surface area contributed by atoms with Crippen LogP contribution in [-0.4, -0.2) is 22.0 Å². The minimum absolute atomic E-state index is 0.109. The number of carbonyl (C=O) groups is 2. The SMILES string of the molecule is CC(NC(=O)Cc1ccncc1)(C(=O)O)c1ccccc1. The van der Waals surface area contributed by atoms with Crippen molar-refractivity contribution >= 4 is 11.9 Å². The van der Waals surface area contributed by atoms with Crippen LogP contribution < -0.4 is 5.32 Å². The smallest absolute Gasteiger partial charge is 0.333 e. The number of hydrogen-bond donors (Lipinski definition) is 2. The second kappa shape index (κ2) is 6.17. The van der Waals surface area contributed by atoms with Gasteiger partial charge in [0.1, 0.15) is 0 Å². The minimum Gasteiger partial charge on any atom is -0.479 e. The van der Waals surface area contributed by atoms with Crippen LogP contribution in [0.4, 0.5) is 0 Å². The minimum atomic E-state index is -1.45. The molecule has 0 spiro atoms. The number of nitrogens with zero attached hydrogens (tertiary/aromatic N) is 1. The van der Waals surface area contributed by atoms with Crippen LogP contribution >= 0.6 is 0 Å². The van der Waals surface area contributed by atoms with Gasteiger partial charge in [0.15, 0.2) is 5.54 Å². The molecule has 21 heavy (non-hydrogen) atoms. The highest BCUT2D eigenvalue weighted by Crippen LogP contribution is 2.21. The fraction of sp³-hybridized carbons (Fsp3) is 0.188. The Balaban J connectivity index is 2.17. The lowest BCUT2D eigenvalue weighted by Gasteiger charge is -2.26. The molecule has 0 aliphatic heterocycles. The number of nitrogens with one attached hydrogen (secondary N) is 1. The molecular weight excluding hydrogens is 268 g/mol. The molecule has 5 heteroatoms. The van der Waals surface area contributed by atoms with E-state index in [4.69, 9.17) is 0 Å². The zero-order chi connectivity index (χ0) is 15.3. The number of carboxylic acid groups (broad SMARTS) is 1. The van der Waals surface area contributed by atoms with Gasteiger partial charge in [-0.15, -0.1) is 0 Å². The zero-order valence-electron chi connectivity index (χ0n) is 11.6. The second-order valence-electron chi connectivity index (χ2n) is 4.88. The van der Waals surface area contributed by atoms with Crippen molar-refractivity contribution in [1.82, 2.24) is 10.3 Å². The first-order valence-electron chi connectivity index (χ1n) is 6.51. The third-order valence-corrected chi connectivity index (χ3v) is 3.28. The maximum absolute atomic E-state index is 12.1. The maximum Gasteiger partial charge on any atom is 0.333 e. The molecule has 1 heterocycles. The predicted molar refractivity (Wildman–Crippen MR) is 77.5 cm³/mol. The number of carbonyl (C=O) groups excluding carboxylic acids is 1. The Morgan fingerprint density at radius 2 is 1.76 bits per heavy atom. The van der Waals surface area contributed by atoms with Gasteiger partial charge in [0, 0.05) is 12.4 Å². The van der Waals surface area contributed by atoms with Crippen LogP contribution in [0.25, 0.3) is 0 Å². The van der Waals surface area contributed by atoms with Crippen LogP contribution in [-0.2, 0) is 21.5 Å². The van der Waals surface area contributed by atoms with Crippen molar-refractivity contribution in [2.45, 2.75) is 18.9 Å². The molecule has 1 atom stereocenters. The number of carboxylic acids is 1. The number of pyridine rings is 1. The fourth-order valence-electron chi connectivity index (χ4n) is 2.03. The van der Waals surface area contributed by atoms with E-state index >= 15 is 0 Å². The topological polar surface area (TPSA) is 79.3 Å². The molecule has 1 unspecified atom stereocenters. The van der Waals surface area contributed by atoms with Gasteiger partial charge in [-0.3, -0.25) is 9.78 Å². The molecule has 0 saturated heterocycles. The van der Waals surface area contributed by atoms with Gasteiger partial charge in [-0.2, -0.15) is 0 Å². The number of benzene rings is 1. The molecule has 0 aliphatic rings. The number of aliphatic carboxylic acids is 1. The average molecular weight is 284 g/mol. The van der Waals surface area contributed by atoms with Gasteiger partial charge in [0.05, 0.1) is 6.42 Å². The van der Waals surface area contributed by atoms with E-state index < -0.39 is 11.5 Å². The summed E-state index contributed by atoms with van der Waals surface area (Å²) >= 11 is 0. The van der Waals surface area contributed by atoms with Crippen LogP contribution in [0.3, 0.4) is 0 Å². The van der Waals surface area contributed by atoms with Gasteiger partial charge in [-0.25, -0.2) is 4.79 Å². The highest BCUT2D eigenvalue weighted by Gasteiger charge is 2.36. The standard InChI is InChI=1S/C16H16N2O3/c1-16(15(20)21,13-5-3-2-4-6-13)18-14(19)11-12-7-9-17-10-8-12/h2-10H,11H2,1H3,(H,18,19)(H,20,21). The number of aromatic nitrogens is 1. The van der Waals surface area contributed by atoms with E-state index in [2.05, 4.69) is 10.3 Å². The molecule has 1 aromatic carbocycles. The monoisotopic (exact) mass is 284 g/mol. The lowest BCUT2D eigenvalue weighted by atomic mass is 9.91. The van der Waals surface area contributed by atoms with Gasteiger partial charge in [-0.1, -0.05) is 30.3 Å². The van der Waals surface area contributed by atoms with Gasteiger partial charge in [0.25, 0.3) is 0 Å². The van der Waals surface area contributed by atoms with Crippen LogP contribution in [0.1, 0.15) is 18.1 Å². The highest BCUT2D eigenvalue weighted by molar-refractivity contribution is 5.88. The van der Waals surface area contributed by atoms with E-state index in [0.29, 0.717) is 5.56 Å². The van der Waals surface area contributed by atoms with E-state index in [1.807, 2.05) is 0 Å². The molecule has 108 valence electrons. The Labute approximate surface area is 122 Å². The summed E-state index contributed by atoms with van der Waals surface area (Å²) in [5, 5.41) is 12.1. The molecule has 0 aliphatic carbocycles. The zero-order valence-corrected chi connectivity index (χ0v) is 11.6. The Bertz CT molecular complexity index is 628. The number of hydrogen-bond acceptors (Lipinski definition) is 3. The molecule has 0 bridgehead atoms. The quantitative estimate of drug-likeness (QED) is 0.876. The first-order chi connectivity index (χ1) is 10.0. The first kappa shape index (κ1) is 14.7. The van der Waals surface area contributed by atoms with Crippen molar-refractivity contribution < 1.29 is 14.7 Å². The van der Waals surface area contributed by atoms with Crippen LogP contribution in [0.15, 0.2) is 54.9 Å². The largest absolute Gasteiger partial charge is 0.479 e. The van der Waals surface area contributed by atoms with Crippen molar-refractivity contribution in [3.63, 3.8) is 0 Å². The molecule has 5 nitrogen and oxygen atoms in total. The fourth-order valence-corrected chi connectivity index (χ4v) is 2.03. The molecule has 2 N–H and O–H groups in total. The van der Waals surface area contributed by atoms with E-state index in [1.165, 1.54) is 6.92 Å². The van der Waals surface area contributed by atoms with Crippen LogP contribution in [0.5, 0.6) is 0 Å². The van der Waals surface area contributed by atoms with Crippen LogP contribution in [0.2, 0.25) is 0 Å². The average Bonchev–Trinajstić information content (AvgIpc) is 2.48. The van der Waals surface area contributed by atoms with Crippen molar-refractivity contribution in [2.75, 3.05) is 0 Å². The molecule has 0 radical (unpaired) electrons. The Hall–Kier alpha value is -2.69. The number of amides is 1. The summed E-state index contributed by atoms with van der Waals surface area (Å²) in [5.74, 6) is -1.45. The third kappa shape index (κ3) is 3.45. The summed E-state index contributed by atoms with van der Waals surface area (Å²) in [6.45, 7) is 1.48. The summed E-state index contributed by atoms with van der Waals surface area (Å²) in [5.41, 5.74) is -0.144. The van der Waals surface area contributed by atoms with Gasteiger partial charge < -0.3 is 10.4 Å². The Kier molecular flexibility index (Phi) is 4.33. The van der Waals surface area contributed by atoms with Crippen LogP contribution in [0, 0.1) is 0 Å². The normalized spacial score (nSPS) is 13.2. The van der Waals surface area contributed by atoms with Gasteiger partial charge >= 0.3 is 5.97 Å². The summed E-state index contributed by atoms with van der Waals surface area (Å²) in [6.07, 6.45) is 3.30. The molecule has 0 fully saturated rings. The molecule has 2 rings (SSSR count). The molecule has 1 aromatic heterocycles. The second-order valence-corrected chi connectivity index (χ2v) is 4.88.